The summed E-state index contributed by atoms with van der Waals surface area (Å²) >= 11 is 0. The molecule has 0 aliphatic carbocycles. The molecule has 0 unspecified atom stereocenters. The Labute approximate surface area is 128 Å². The Balaban J connectivity index is 3.09. The molecule has 5 heteroatoms. The average Bonchev–Trinajstić information content (AvgIpc) is 2.43. The number of rotatable bonds is 13. The Morgan fingerprint density at radius 3 is 1.62 bits per heavy atom. The predicted molar refractivity (Wildman–Crippen MR) is 81.5 cm³/mol. The highest BCUT2D eigenvalue weighted by Crippen LogP contribution is 2.11. The van der Waals surface area contributed by atoms with Crippen molar-refractivity contribution >= 4 is 12.3 Å². The van der Waals surface area contributed by atoms with Crippen LogP contribution in [0.4, 0.5) is 9.59 Å². The maximum atomic E-state index is 10.7. The van der Waals surface area contributed by atoms with Crippen molar-refractivity contribution in [3.63, 3.8) is 0 Å². The van der Waals surface area contributed by atoms with Crippen LogP contribution in [0.2, 0.25) is 0 Å². The molecule has 1 N–H and O–H groups in total. The smallest absolute Gasteiger partial charge is 0.449 e. The molecule has 0 saturated carbocycles. The van der Waals surface area contributed by atoms with Crippen molar-refractivity contribution in [3.05, 3.63) is 0 Å². The molecule has 5 nitrogen and oxygen atoms in total. The summed E-state index contributed by atoms with van der Waals surface area (Å²) in [5.74, 6) is 0. The van der Waals surface area contributed by atoms with Crippen LogP contribution in [0.3, 0.4) is 0 Å². The molecule has 0 fully saturated rings. The van der Waals surface area contributed by atoms with E-state index in [0.717, 1.165) is 19.3 Å². The Bertz CT molecular complexity index is 265. The van der Waals surface area contributed by atoms with Crippen LogP contribution in [-0.4, -0.2) is 24.0 Å². The summed E-state index contributed by atoms with van der Waals surface area (Å²) in [6.45, 7) is 2.46. The van der Waals surface area contributed by atoms with Gasteiger partial charge in [0.1, 0.15) is 0 Å². The van der Waals surface area contributed by atoms with E-state index in [1.54, 1.807) is 0 Å². The van der Waals surface area contributed by atoms with E-state index in [9.17, 15) is 9.59 Å². The van der Waals surface area contributed by atoms with E-state index in [4.69, 9.17) is 5.11 Å². The van der Waals surface area contributed by atoms with Crippen LogP contribution in [0.1, 0.15) is 84.0 Å². The summed E-state index contributed by atoms with van der Waals surface area (Å²) in [7, 11) is 0. The number of ether oxygens (including phenoxy) is 2. The average molecular weight is 302 g/mol. The molecule has 0 aromatic carbocycles. The number of carbonyl (C=O) groups is 2. The summed E-state index contributed by atoms with van der Waals surface area (Å²) in [4.78, 5) is 20.8. The van der Waals surface area contributed by atoms with Gasteiger partial charge >= 0.3 is 12.3 Å². The molecule has 0 heterocycles. The van der Waals surface area contributed by atoms with Crippen molar-refractivity contribution in [2.75, 3.05) is 6.61 Å². The molecule has 0 spiro atoms. The summed E-state index contributed by atoms with van der Waals surface area (Å²) < 4.78 is 8.42. The fourth-order valence-corrected chi connectivity index (χ4v) is 2.20. The van der Waals surface area contributed by atoms with Gasteiger partial charge < -0.3 is 14.6 Å². The Morgan fingerprint density at radius 2 is 1.19 bits per heavy atom. The van der Waals surface area contributed by atoms with Crippen molar-refractivity contribution in [1.82, 2.24) is 0 Å². The zero-order chi connectivity index (χ0) is 15.8. The van der Waals surface area contributed by atoms with Crippen LogP contribution < -0.4 is 0 Å². The number of carboxylic acid groups (broad SMARTS) is 1. The monoisotopic (exact) mass is 302 g/mol. The molecule has 0 aromatic heterocycles. The van der Waals surface area contributed by atoms with Crippen LogP contribution in [0.5, 0.6) is 0 Å². The van der Waals surface area contributed by atoms with E-state index in [1.807, 2.05) is 0 Å². The third kappa shape index (κ3) is 16.7. The lowest BCUT2D eigenvalue weighted by Crippen LogP contribution is -2.12. The highest BCUT2D eigenvalue weighted by molar-refractivity contribution is 5.75. The van der Waals surface area contributed by atoms with Crippen molar-refractivity contribution in [2.45, 2.75) is 84.0 Å². The van der Waals surface area contributed by atoms with Crippen molar-refractivity contribution < 1.29 is 24.2 Å². The predicted octanol–water partition coefficient (Wildman–Crippen LogP) is 5.52. The van der Waals surface area contributed by atoms with Gasteiger partial charge in [0.25, 0.3) is 0 Å². The minimum atomic E-state index is -1.63. The summed E-state index contributed by atoms with van der Waals surface area (Å²) in [5.41, 5.74) is 0. The van der Waals surface area contributed by atoms with Gasteiger partial charge in [-0.05, 0) is 6.42 Å². The molecule has 0 atom stereocenters. The molecular formula is C16H30O5. The second-order valence-corrected chi connectivity index (χ2v) is 5.36. The minimum Gasteiger partial charge on any atom is -0.449 e. The van der Waals surface area contributed by atoms with Gasteiger partial charge in [0.15, 0.2) is 0 Å². The quantitative estimate of drug-likeness (QED) is 0.275. The maximum Gasteiger partial charge on any atom is 0.518 e. The standard InChI is InChI=1S/C16H30O5/c1-2-3-4-5-6-7-8-9-10-11-12-13-14-20-16(19)21-15(17)18/h2-14H2,1H3,(H,17,18). The first-order chi connectivity index (χ1) is 10.2. The zero-order valence-corrected chi connectivity index (χ0v) is 13.3. The first-order valence-corrected chi connectivity index (χ1v) is 8.24. The van der Waals surface area contributed by atoms with E-state index in [0.29, 0.717) is 0 Å². The number of hydrogen-bond acceptors (Lipinski definition) is 4. The van der Waals surface area contributed by atoms with E-state index in [1.165, 1.54) is 57.8 Å². The first-order valence-electron chi connectivity index (χ1n) is 8.24. The topological polar surface area (TPSA) is 72.8 Å². The van der Waals surface area contributed by atoms with Crippen LogP contribution in [0, 0.1) is 0 Å². The molecule has 0 aliphatic rings. The highest BCUT2D eigenvalue weighted by atomic mass is 16.8. The molecular weight excluding hydrogens is 272 g/mol. The van der Waals surface area contributed by atoms with Crippen LogP contribution >= 0.6 is 0 Å². The molecule has 21 heavy (non-hydrogen) atoms. The zero-order valence-electron chi connectivity index (χ0n) is 13.3. The van der Waals surface area contributed by atoms with E-state index >= 15 is 0 Å². The maximum absolute atomic E-state index is 10.7. The SMILES string of the molecule is CCCCCCCCCCCCCCOC(=O)OC(=O)O. The van der Waals surface area contributed by atoms with Gasteiger partial charge in [-0.2, -0.15) is 0 Å². The summed E-state index contributed by atoms with van der Waals surface area (Å²) in [6, 6.07) is 0. The molecule has 0 bridgehead atoms. The highest BCUT2D eigenvalue weighted by Gasteiger charge is 2.08. The number of hydrogen-bond donors (Lipinski definition) is 1. The lowest BCUT2D eigenvalue weighted by molar-refractivity contribution is 0.0537. The van der Waals surface area contributed by atoms with Gasteiger partial charge in [0.05, 0.1) is 6.61 Å². The third-order valence-corrected chi connectivity index (χ3v) is 3.39. The van der Waals surface area contributed by atoms with Gasteiger partial charge in [-0.25, -0.2) is 9.59 Å². The largest absolute Gasteiger partial charge is 0.518 e. The molecule has 0 saturated heterocycles. The van der Waals surface area contributed by atoms with Crippen LogP contribution in [0.25, 0.3) is 0 Å². The van der Waals surface area contributed by atoms with Gasteiger partial charge in [-0.15, -0.1) is 0 Å². The van der Waals surface area contributed by atoms with Gasteiger partial charge in [-0.3, -0.25) is 0 Å². The number of unbranched alkanes of at least 4 members (excludes halogenated alkanes) is 11. The van der Waals surface area contributed by atoms with E-state index in [2.05, 4.69) is 16.4 Å². The molecule has 0 aliphatic heterocycles. The van der Waals surface area contributed by atoms with Gasteiger partial charge in [0.2, 0.25) is 0 Å². The van der Waals surface area contributed by atoms with E-state index < -0.39 is 12.3 Å². The van der Waals surface area contributed by atoms with Crippen molar-refractivity contribution in [2.24, 2.45) is 0 Å². The molecule has 0 radical (unpaired) electrons. The Morgan fingerprint density at radius 1 is 0.762 bits per heavy atom. The second kappa shape index (κ2) is 15.1. The Hall–Kier alpha value is -1.26. The van der Waals surface area contributed by atoms with Gasteiger partial charge in [-0.1, -0.05) is 77.6 Å². The fourth-order valence-electron chi connectivity index (χ4n) is 2.20. The number of carbonyl (C=O) groups excluding carboxylic acids is 1. The first kappa shape index (κ1) is 19.7. The molecule has 0 amide bonds. The van der Waals surface area contributed by atoms with E-state index in [-0.39, 0.29) is 6.61 Å². The lowest BCUT2D eigenvalue weighted by atomic mass is 10.1. The summed E-state index contributed by atoms with van der Waals surface area (Å²) in [5, 5.41) is 8.16. The normalized spacial score (nSPS) is 10.3. The fraction of sp³-hybridized carbons (Fsp3) is 0.875. The summed E-state index contributed by atoms with van der Waals surface area (Å²) in [6.07, 6.45) is 12.0. The molecule has 124 valence electrons. The lowest BCUT2D eigenvalue weighted by Gasteiger charge is -2.04. The minimum absolute atomic E-state index is 0.226. The molecule has 0 aromatic rings. The second-order valence-electron chi connectivity index (χ2n) is 5.36. The van der Waals surface area contributed by atoms with Crippen molar-refractivity contribution in [1.29, 1.82) is 0 Å². The van der Waals surface area contributed by atoms with Crippen LogP contribution in [-0.2, 0) is 9.47 Å². The molecule has 0 rings (SSSR count). The van der Waals surface area contributed by atoms with Crippen LogP contribution in [0.15, 0.2) is 0 Å². The third-order valence-electron chi connectivity index (χ3n) is 3.39. The Kier molecular flexibility index (Phi) is 14.2. The van der Waals surface area contributed by atoms with Crippen molar-refractivity contribution in [3.8, 4) is 0 Å². The van der Waals surface area contributed by atoms with Gasteiger partial charge in [0, 0.05) is 0 Å².